The molecular formula is C27H33N5O4S2. The van der Waals surface area contributed by atoms with Gasteiger partial charge in [-0.15, -0.1) is 22.7 Å². The van der Waals surface area contributed by atoms with Gasteiger partial charge in [-0.2, -0.15) is 0 Å². The monoisotopic (exact) mass is 555 g/mol. The molecule has 0 unspecified atom stereocenters. The molecule has 38 heavy (non-hydrogen) atoms. The second-order valence-corrected chi connectivity index (χ2v) is 11.7. The van der Waals surface area contributed by atoms with Crippen molar-refractivity contribution in [2.75, 3.05) is 58.4 Å². The Labute approximate surface area is 231 Å². The number of methoxy groups -OCH3 is 2. The van der Waals surface area contributed by atoms with E-state index >= 15 is 0 Å². The van der Waals surface area contributed by atoms with Gasteiger partial charge in [0.25, 0.3) is 11.8 Å². The molecule has 2 amide bonds. The Morgan fingerprint density at radius 2 is 1.63 bits per heavy atom. The minimum absolute atomic E-state index is 0.0162. The summed E-state index contributed by atoms with van der Waals surface area (Å²) >= 11 is 3.02. The van der Waals surface area contributed by atoms with E-state index < -0.39 is 0 Å². The van der Waals surface area contributed by atoms with Crippen molar-refractivity contribution in [3.05, 3.63) is 49.9 Å². The van der Waals surface area contributed by atoms with E-state index in [2.05, 4.69) is 9.88 Å². The van der Waals surface area contributed by atoms with Crippen LogP contribution in [-0.2, 0) is 0 Å². The number of nitrogens with zero attached hydrogens (tertiary/aromatic N) is 5. The molecular weight excluding hydrogens is 522 g/mol. The van der Waals surface area contributed by atoms with Crippen molar-refractivity contribution in [3.63, 3.8) is 0 Å². The fourth-order valence-electron chi connectivity index (χ4n) is 5.13. The van der Waals surface area contributed by atoms with E-state index in [0.717, 1.165) is 63.7 Å². The van der Waals surface area contributed by atoms with Crippen molar-refractivity contribution in [1.29, 1.82) is 0 Å². The average molecular weight is 556 g/mol. The highest BCUT2D eigenvalue weighted by Gasteiger charge is 2.30. The molecule has 2 saturated heterocycles. The molecule has 11 heteroatoms. The van der Waals surface area contributed by atoms with Gasteiger partial charge in [-0.25, -0.2) is 9.97 Å². The highest BCUT2D eigenvalue weighted by atomic mass is 32.1. The minimum Gasteiger partial charge on any atom is -0.497 e. The van der Waals surface area contributed by atoms with Crippen molar-refractivity contribution >= 4 is 40.2 Å². The predicted octanol–water partition coefficient (Wildman–Crippen LogP) is 4.22. The number of amides is 2. The van der Waals surface area contributed by atoms with Crippen LogP contribution in [0.5, 0.6) is 11.5 Å². The number of hydrogen-bond donors (Lipinski definition) is 0. The summed E-state index contributed by atoms with van der Waals surface area (Å²) in [5.41, 5.74) is 2.34. The van der Waals surface area contributed by atoms with Crippen molar-refractivity contribution in [3.8, 4) is 11.5 Å². The topological polar surface area (TPSA) is 88.1 Å². The van der Waals surface area contributed by atoms with Crippen LogP contribution in [0.3, 0.4) is 0 Å². The van der Waals surface area contributed by atoms with Gasteiger partial charge in [-0.05, 0) is 38.8 Å². The Balaban J connectivity index is 1.15. The molecule has 1 aromatic carbocycles. The first kappa shape index (κ1) is 26.4. The van der Waals surface area contributed by atoms with Crippen LogP contribution in [0.2, 0.25) is 0 Å². The van der Waals surface area contributed by atoms with Gasteiger partial charge < -0.3 is 24.2 Å². The number of benzene rings is 1. The first-order valence-corrected chi connectivity index (χ1v) is 14.5. The standard InChI is InChI=1S/C27H33N5O4S2/c1-17-24(38-18(2)28-17)27(34)31-9-7-19(8-10-31)25-29-21(16-37-25)26(33)32-13-11-30(12-14-32)22-6-5-20(35-3)15-23(22)36-4/h5-6,15-16,19H,7-14H2,1-4H3. The third-order valence-electron chi connectivity index (χ3n) is 7.26. The summed E-state index contributed by atoms with van der Waals surface area (Å²) in [5.74, 6) is 1.85. The second-order valence-electron chi connectivity index (χ2n) is 9.60. The van der Waals surface area contributed by atoms with Gasteiger partial charge in [0.05, 0.1) is 35.6 Å². The number of piperazine rings is 1. The first-order chi connectivity index (χ1) is 18.4. The van der Waals surface area contributed by atoms with Crippen LogP contribution < -0.4 is 14.4 Å². The van der Waals surface area contributed by atoms with Crippen LogP contribution in [0.1, 0.15) is 54.6 Å². The van der Waals surface area contributed by atoms with Crippen molar-refractivity contribution in [2.24, 2.45) is 0 Å². The van der Waals surface area contributed by atoms with Crippen LogP contribution in [0.15, 0.2) is 23.6 Å². The average Bonchev–Trinajstić information content (AvgIpc) is 3.58. The summed E-state index contributed by atoms with van der Waals surface area (Å²) in [6.45, 7) is 7.90. The van der Waals surface area contributed by atoms with Gasteiger partial charge >= 0.3 is 0 Å². The quantitative estimate of drug-likeness (QED) is 0.450. The zero-order valence-corrected chi connectivity index (χ0v) is 23.9. The van der Waals surface area contributed by atoms with Gasteiger partial charge in [0, 0.05) is 56.6 Å². The Kier molecular flexibility index (Phi) is 7.85. The Morgan fingerprint density at radius 3 is 2.26 bits per heavy atom. The van der Waals surface area contributed by atoms with Gasteiger partial charge in [0.2, 0.25) is 0 Å². The minimum atomic E-state index is -0.0162. The maximum atomic E-state index is 13.2. The van der Waals surface area contributed by atoms with E-state index in [1.807, 2.05) is 47.2 Å². The van der Waals surface area contributed by atoms with Gasteiger partial charge in [-0.3, -0.25) is 9.59 Å². The number of aromatic nitrogens is 2. The largest absolute Gasteiger partial charge is 0.497 e. The first-order valence-electron chi connectivity index (χ1n) is 12.8. The predicted molar refractivity (Wildman–Crippen MR) is 149 cm³/mol. The number of aryl methyl sites for hydroxylation is 2. The Bertz CT molecular complexity index is 1310. The van der Waals surface area contributed by atoms with Crippen LogP contribution in [-0.4, -0.2) is 85.1 Å². The molecule has 0 spiro atoms. The summed E-state index contributed by atoms with van der Waals surface area (Å²) in [4.78, 5) is 42.1. The number of piperidine rings is 1. The van der Waals surface area contributed by atoms with Gasteiger partial charge in [-0.1, -0.05) is 0 Å². The fourth-order valence-corrected chi connectivity index (χ4v) is 6.99. The Morgan fingerprint density at radius 1 is 0.921 bits per heavy atom. The molecule has 5 rings (SSSR count). The molecule has 0 atom stereocenters. The molecule has 2 aliphatic heterocycles. The molecule has 0 N–H and O–H groups in total. The number of anilines is 1. The molecule has 0 aliphatic carbocycles. The van der Waals surface area contributed by atoms with E-state index in [1.165, 1.54) is 11.3 Å². The number of likely N-dealkylation sites (tertiary alicyclic amines) is 1. The normalized spacial score (nSPS) is 16.6. The van der Waals surface area contributed by atoms with Crippen LogP contribution in [0.25, 0.3) is 0 Å². The lowest BCUT2D eigenvalue weighted by atomic mass is 9.97. The van der Waals surface area contributed by atoms with Crippen LogP contribution >= 0.6 is 22.7 Å². The maximum absolute atomic E-state index is 13.2. The lowest BCUT2D eigenvalue weighted by Gasteiger charge is -2.36. The summed E-state index contributed by atoms with van der Waals surface area (Å²) in [7, 11) is 3.29. The maximum Gasteiger partial charge on any atom is 0.273 e. The molecule has 4 heterocycles. The molecule has 9 nitrogen and oxygen atoms in total. The third kappa shape index (κ3) is 5.35. The fraction of sp³-hybridized carbons (Fsp3) is 0.481. The van der Waals surface area contributed by atoms with Crippen molar-refractivity contribution < 1.29 is 19.1 Å². The number of carbonyl (C=O) groups is 2. The zero-order valence-electron chi connectivity index (χ0n) is 22.2. The molecule has 2 fully saturated rings. The lowest BCUT2D eigenvalue weighted by Crippen LogP contribution is -2.49. The number of carbonyl (C=O) groups excluding carboxylic acids is 2. The zero-order chi connectivity index (χ0) is 26.8. The van der Waals surface area contributed by atoms with E-state index in [4.69, 9.17) is 14.5 Å². The molecule has 0 radical (unpaired) electrons. The van der Waals surface area contributed by atoms with E-state index in [9.17, 15) is 9.59 Å². The van der Waals surface area contributed by atoms with Gasteiger partial charge in [0.15, 0.2) is 0 Å². The van der Waals surface area contributed by atoms with E-state index in [-0.39, 0.29) is 17.7 Å². The van der Waals surface area contributed by atoms with Crippen LogP contribution in [0, 0.1) is 13.8 Å². The molecule has 3 aromatic rings. The SMILES string of the molecule is COc1ccc(N2CCN(C(=O)c3csc(C4CCN(C(=O)c5sc(C)nc5C)CC4)n3)CC2)c(OC)c1. The lowest BCUT2D eigenvalue weighted by molar-refractivity contribution is 0.0716. The van der Waals surface area contributed by atoms with Gasteiger partial charge in [0.1, 0.15) is 22.1 Å². The number of hydrogen-bond acceptors (Lipinski definition) is 9. The summed E-state index contributed by atoms with van der Waals surface area (Å²) in [6.07, 6.45) is 1.71. The molecule has 2 aromatic heterocycles. The molecule has 0 saturated carbocycles. The number of rotatable bonds is 6. The smallest absolute Gasteiger partial charge is 0.273 e. The molecule has 0 bridgehead atoms. The highest BCUT2D eigenvalue weighted by molar-refractivity contribution is 7.13. The van der Waals surface area contributed by atoms with Crippen LogP contribution in [0.4, 0.5) is 5.69 Å². The Hall–Kier alpha value is -3.18. The summed E-state index contributed by atoms with van der Waals surface area (Å²) < 4.78 is 10.9. The van der Waals surface area contributed by atoms with Crippen molar-refractivity contribution in [2.45, 2.75) is 32.6 Å². The van der Waals surface area contributed by atoms with E-state index in [0.29, 0.717) is 31.9 Å². The highest BCUT2D eigenvalue weighted by Crippen LogP contribution is 2.34. The summed E-state index contributed by atoms with van der Waals surface area (Å²) in [6, 6.07) is 5.81. The third-order valence-corrected chi connectivity index (χ3v) is 9.33. The number of ether oxygens (including phenoxy) is 2. The van der Waals surface area contributed by atoms with E-state index in [1.54, 1.807) is 25.6 Å². The number of thiazole rings is 2. The summed E-state index contributed by atoms with van der Waals surface area (Å²) in [5, 5.41) is 3.80. The molecule has 202 valence electrons. The van der Waals surface area contributed by atoms with Crippen molar-refractivity contribution in [1.82, 2.24) is 19.8 Å². The molecule has 2 aliphatic rings. The second kappa shape index (κ2) is 11.3.